The number of fused-ring (bicyclic) bond motifs is 1. The predicted molar refractivity (Wildman–Crippen MR) is 133 cm³/mol. The first kappa shape index (κ1) is 22.0. The van der Waals surface area contributed by atoms with Gasteiger partial charge in [0, 0.05) is 36.1 Å². The largest absolute Gasteiger partial charge is 0.493 e. The topological polar surface area (TPSA) is 48.6 Å². The second kappa shape index (κ2) is 9.22. The van der Waals surface area contributed by atoms with Crippen LogP contribution in [0.25, 0.3) is 10.9 Å². The van der Waals surface area contributed by atoms with Crippen molar-refractivity contribution < 1.29 is 9.53 Å². The SMILES string of the molecule is Cc1[nH]c2c(C(=O)N(Cc3cccc(OC[C@H]4CCCN(C)C4)c3)C3CC3)cccc2c1C. The van der Waals surface area contributed by atoms with E-state index in [-0.39, 0.29) is 5.91 Å². The number of nitrogens with zero attached hydrogens (tertiary/aromatic N) is 2. The molecule has 1 N–H and O–H groups in total. The molecule has 0 radical (unpaired) electrons. The molecular formula is C28H35N3O2. The summed E-state index contributed by atoms with van der Waals surface area (Å²) in [6, 6.07) is 14.7. The summed E-state index contributed by atoms with van der Waals surface area (Å²) in [5.41, 5.74) is 5.19. The highest BCUT2D eigenvalue weighted by molar-refractivity contribution is 6.06. The monoisotopic (exact) mass is 445 g/mol. The van der Waals surface area contributed by atoms with Gasteiger partial charge < -0.3 is 19.5 Å². The Bertz CT molecular complexity index is 1150. The molecule has 33 heavy (non-hydrogen) atoms. The Kier molecular flexibility index (Phi) is 6.15. The van der Waals surface area contributed by atoms with Crippen molar-refractivity contribution in [1.82, 2.24) is 14.8 Å². The van der Waals surface area contributed by atoms with Crippen molar-refractivity contribution in [2.75, 3.05) is 26.7 Å². The Labute approximate surface area is 196 Å². The van der Waals surface area contributed by atoms with Gasteiger partial charge in [-0.05, 0) is 82.4 Å². The number of aromatic amines is 1. The quantitative estimate of drug-likeness (QED) is 0.536. The van der Waals surface area contributed by atoms with Gasteiger partial charge in [-0.2, -0.15) is 0 Å². The number of amides is 1. The van der Waals surface area contributed by atoms with E-state index in [0.29, 0.717) is 18.5 Å². The number of aromatic nitrogens is 1. The Balaban J connectivity index is 1.32. The van der Waals surface area contributed by atoms with Crippen molar-refractivity contribution in [3.8, 4) is 5.75 Å². The van der Waals surface area contributed by atoms with Gasteiger partial charge in [0.1, 0.15) is 5.75 Å². The van der Waals surface area contributed by atoms with E-state index < -0.39 is 0 Å². The number of aryl methyl sites for hydroxylation is 2. The normalized spacial score (nSPS) is 19.1. The van der Waals surface area contributed by atoms with E-state index in [1.54, 1.807) is 0 Å². The van der Waals surface area contributed by atoms with Gasteiger partial charge in [-0.3, -0.25) is 4.79 Å². The predicted octanol–water partition coefficient (Wildman–Crippen LogP) is 5.31. The maximum absolute atomic E-state index is 13.7. The molecule has 0 bridgehead atoms. The molecule has 174 valence electrons. The highest BCUT2D eigenvalue weighted by Gasteiger charge is 2.34. The van der Waals surface area contributed by atoms with Crippen LogP contribution in [0.3, 0.4) is 0 Å². The van der Waals surface area contributed by atoms with Crippen LogP contribution >= 0.6 is 0 Å². The number of benzene rings is 2. The number of carbonyl (C=O) groups is 1. The highest BCUT2D eigenvalue weighted by Crippen LogP contribution is 2.32. The van der Waals surface area contributed by atoms with Crippen LogP contribution in [0.15, 0.2) is 42.5 Å². The molecule has 2 heterocycles. The van der Waals surface area contributed by atoms with E-state index in [1.807, 2.05) is 24.3 Å². The van der Waals surface area contributed by atoms with E-state index in [0.717, 1.165) is 59.5 Å². The fraction of sp³-hybridized carbons (Fsp3) is 0.464. The van der Waals surface area contributed by atoms with Crippen LogP contribution in [0.1, 0.15) is 52.9 Å². The van der Waals surface area contributed by atoms with Crippen LogP contribution in [-0.4, -0.2) is 53.5 Å². The van der Waals surface area contributed by atoms with Crippen LogP contribution < -0.4 is 4.74 Å². The molecule has 3 aromatic rings. The van der Waals surface area contributed by atoms with Gasteiger partial charge in [-0.25, -0.2) is 0 Å². The van der Waals surface area contributed by atoms with Gasteiger partial charge in [-0.15, -0.1) is 0 Å². The van der Waals surface area contributed by atoms with Crippen molar-refractivity contribution in [2.24, 2.45) is 5.92 Å². The molecule has 0 unspecified atom stereocenters. The summed E-state index contributed by atoms with van der Waals surface area (Å²) in [7, 11) is 2.19. The number of ether oxygens (including phenoxy) is 1. The van der Waals surface area contributed by atoms with Gasteiger partial charge in [0.25, 0.3) is 5.91 Å². The lowest BCUT2D eigenvalue weighted by molar-refractivity contribution is 0.0731. The van der Waals surface area contributed by atoms with E-state index in [2.05, 4.69) is 53.9 Å². The standard InChI is InChI=1S/C28H35N3O2/c1-19-20(2)29-27-25(19)10-5-11-26(27)28(32)31(23-12-13-23)17-21-7-4-9-24(15-21)33-18-22-8-6-14-30(3)16-22/h4-5,7,9-11,15,22-23,29H,6,8,12-14,16-18H2,1-3H3/t22-/m0/s1. The zero-order chi connectivity index (χ0) is 22.9. The molecule has 2 fully saturated rings. The lowest BCUT2D eigenvalue weighted by Crippen LogP contribution is -2.34. The summed E-state index contributed by atoms with van der Waals surface area (Å²) in [4.78, 5) is 21.6. The average Bonchev–Trinajstić information content (AvgIpc) is 3.62. The first-order valence-corrected chi connectivity index (χ1v) is 12.3. The van der Waals surface area contributed by atoms with Crippen LogP contribution in [0.2, 0.25) is 0 Å². The molecular weight excluding hydrogens is 410 g/mol. The number of para-hydroxylation sites is 1. The molecule has 5 nitrogen and oxygen atoms in total. The Morgan fingerprint density at radius 3 is 2.76 bits per heavy atom. The molecule has 2 aromatic carbocycles. The summed E-state index contributed by atoms with van der Waals surface area (Å²) >= 11 is 0. The summed E-state index contributed by atoms with van der Waals surface area (Å²) in [5, 5.41) is 1.14. The van der Waals surface area contributed by atoms with Crippen LogP contribution in [-0.2, 0) is 6.54 Å². The molecule has 2 aliphatic rings. The van der Waals surface area contributed by atoms with Crippen LogP contribution in [0, 0.1) is 19.8 Å². The highest BCUT2D eigenvalue weighted by atomic mass is 16.5. The van der Waals surface area contributed by atoms with Crippen LogP contribution in [0.4, 0.5) is 0 Å². The van der Waals surface area contributed by atoms with Crippen molar-refractivity contribution >= 4 is 16.8 Å². The average molecular weight is 446 g/mol. The molecule has 1 saturated carbocycles. The minimum absolute atomic E-state index is 0.112. The van der Waals surface area contributed by atoms with E-state index in [4.69, 9.17) is 4.74 Å². The Morgan fingerprint density at radius 2 is 1.97 bits per heavy atom. The summed E-state index contributed by atoms with van der Waals surface area (Å²) in [5.74, 6) is 1.60. The molecule has 1 amide bonds. The zero-order valence-electron chi connectivity index (χ0n) is 20.1. The van der Waals surface area contributed by atoms with E-state index >= 15 is 0 Å². The van der Waals surface area contributed by atoms with Gasteiger partial charge in [0.15, 0.2) is 0 Å². The minimum Gasteiger partial charge on any atom is -0.493 e. The van der Waals surface area contributed by atoms with Gasteiger partial charge in [-0.1, -0.05) is 24.3 Å². The molecule has 1 aliphatic carbocycles. The number of hydrogen-bond donors (Lipinski definition) is 1. The summed E-state index contributed by atoms with van der Waals surface area (Å²) in [6.45, 7) is 7.84. The van der Waals surface area contributed by atoms with Crippen molar-refractivity contribution in [2.45, 2.75) is 52.1 Å². The molecule has 1 aromatic heterocycles. The molecule has 1 aliphatic heterocycles. The fourth-order valence-corrected chi connectivity index (χ4v) is 5.12. The van der Waals surface area contributed by atoms with E-state index in [9.17, 15) is 4.79 Å². The third kappa shape index (κ3) is 4.79. The second-order valence-electron chi connectivity index (χ2n) is 10.00. The summed E-state index contributed by atoms with van der Waals surface area (Å²) in [6.07, 6.45) is 4.64. The fourth-order valence-electron chi connectivity index (χ4n) is 5.12. The molecule has 5 heteroatoms. The Morgan fingerprint density at radius 1 is 1.15 bits per heavy atom. The maximum Gasteiger partial charge on any atom is 0.256 e. The van der Waals surface area contributed by atoms with Gasteiger partial charge in [0.2, 0.25) is 0 Å². The zero-order valence-corrected chi connectivity index (χ0v) is 20.1. The van der Waals surface area contributed by atoms with Crippen molar-refractivity contribution in [3.05, 3.63) is 64.8 Å². The second-order valence-corrected chi connectivity index (χ2v) is 10.00. The minimum atomic E-state index is 0.112. The van der Waals surface area contributed by atoms with Gasteiger partial charge in [0.05, 0.1) is 17.7 Å². The maximum atomic E-state index is 13.7. The number of likely N-dealkylation sites (tertiary alicyclic amines) is 1. The molecule has 1 saturated heterocycles. The number of H-pyrrole nitrogens is 1. The molecule has 5 rings (SSSR count). The Hall–Kier alpha value is -2.79. The number of hydrogen-bond acceptors (Lipinski definition) is 3. The van der Waals surface area contributed by atoms with E-state index in [1.165, 1.54) is 24.9 Å². The molecule has 0 spiro atoms. The first-order valence-electron chi connectivity index (χ1n) is 12.3. The van der Waals surface area contributed by atoms with Crippen LogP contribution in [0.5, 0.6) is 5.75 Å². The molecule has 1 atom stereocenters. The third-order valence-corrected chi connectivity index (χ3v) is 7.28. The number of rotatable bonds is 7. The lowest BCUT2D eigenvalue weighted by Gasteiger charge is -2.29. The number of piperidine rings is 1. The summed E-state index contributed by atoms with van der Waals surface area (Å²) < 4.78 is 6.18. The first-order chi connectivity index (χ1) is 16.0. The third-order valence-electron chi connectivity index (χ3n) is 7.28. The van der Waals surface area contributed by atoms with Crippen molar-refractivity contribution in [3.63, 3.8) is 0 Å². The lowest BCUT2D eigenvalue weighted by atomic mass is 9.99. The van der Waals surface area contributed by atoms with Gasteiger partial charge >= 0.3 is 0 Å². The van der Waals surface area contributed by atoms with Crippen molar-refractivity contribution in [1.29, 1.82) is 0 Å². The number of carbonyl (C=O) groups excluding carboxylic acids is 1. The number of nitrogens with one attached hydrogen (secondary N) is 1. The smallest absolute Gasteiger partial charge is 0.256 e.